The van der Waals surface area contributed by atoms with Crippen LogP contribution < -0.4 is 10.6 Å². The van der Waals surface area contributed by atoms with E-state index in [0.29, 0.717) is 6.54 Å². The molecule has 0 aliphatic rings. The van der Waals surface area contributed by atoms with Gasteiger partial charge in [-0.05, 0) is 37.8 Å². The summed E-state index contributed by atoms with van der Waals surface area (Å²) < 4.78 is 5.20. The molecule has 2 N–H and O–H groups in total. The highest BCUT2D eigenvalue weighted by molar-refractivity contribution is 5.95. The summed E-state index contributed by atoms with van der Waals surface area (Å²) in [6.45, 7) is 9.76. The van der Waals surface area contributed by atoms with Gasteiger partial charge in [-0.25, -0.2) is 4.79 Å². The highest BCUT2D eigenvalue weighted by Gasteiger charge is 2.27. The monoisotopic (exact) mass is 396 g/mol. The summed E-state index contributed by atoms with van der Waals surface area (Å²) in [5.41, 5.74) is 1.68. The Morgan fingerprint density at radius 3 is 1.79 bits per heavy atom. The lowest BCUT2D eigenvalue weighted by atomic mass is 9.90. The van der Waals surface area contributed by atoms with E-state index >= 15 is 0 Å². The van der Waals surface area contributed by atoms with Crippen molar-refractivity contribution in [3.8, 4) is 0 Å². The summed E-state index contributed by atoms with van der Waals surface area (Å²) in [5, 5.41) is 5.72. The number of carbonyl (C=O) groups excluding carboxylic acids is 2. The van der Waals surface area contributed by atoms with E-state index in [2.05, 4.69) is 34.9 Å². The van der Waals surface area contributed by atoms with Crippen LogP contribution in [0.5, 0.6) is 0 Å². The van der Waals surface area contributed by atoms with Gasteiger partial charge in [0.1, 0.15) is 5.60 Å². The molecule has 0 radical (unpaired) electrons. The SMILES string of the molecule is CC(C)[C@H](NCC(c1ccccc1)c1ccccc1)C(=O)NC(=O)OC(C)(C)C. The number of carbonyl (C=O) groups is 2. The van der Waals surface area contributed by atoms with Crippen LogP contribution in [-0.4, -0.2) is 30.2 Å². The first-order valence-corrected chi connectivity index (χ1v) is 10.0. The fourth-order valence-corrected chi connectivity index (χ4v) is 3.16. The van der Waals surface area contributed by atoms with E-state index in [4.69, 9.17) is 4.74 Å². The van der Waals surface area contributed by atoms with E-state index in [0.717, 1.165) is 0 Å². The van der Waals surface area contributed by atoms with Crippen molar-refractivity contribution in [2.45, 2.75) is 52.2 Å². The number of rotatable bonds is 7. The Hall–Kier alpha value is -2.66. The third kappa shape index (κ3) is 7.35. The highest BCUT2D eigenvalue weighted by Crippen LogP contribution is 2.24. The van der Waals surface area contributed by atoms with E-state index < -0.39 is 17.7 Å². The molecule has 0 spiro atoms. The third-order valence-electron chi connectivity index (χ3n) is 4.52. The quantitative estimate of drug-likeness (QED) is 0.724. The number of alkyl carbamates (subject to hydrolysis) is 1. The number of hydrogen-bond acceptors (Lipinski definition) is 4. The van der Waals surface area contributed by atoms with Crippen LogP contribution in [0.1, 0.15) is 51.7 Å². The Labute approximate surface area is 173 Å². The topological polar surface area (TPSA) is 67.4 Å². The van der Waals surface area contributed by atoms with Gasteiger partial charge in [-0.15, -0.1) is 0 Å². The molecule has 0 saturated carbocycles. The van der Waals surface area contributed by atoms with Crippen molar-refractivity contribution in [1.29, 1.82) is 0 Å². The first kappa shape index (κ1) is 22.6. The molecular formula is C24H32N2O3. The minimum Gasteiger partial charge on any atom is -0.444 e. The van der Waals surface area contributed by atoms with Crippen molar-refractivity contribution in [2.75, 3.05) is 6.54 Å². The maximum Gasteiger partial charge on any atom is 0.414 e. The van der Waals surface area contributed by atoms with Crippen LogP contribution in [-0.2, 0) is 9.53 Å². The summed E-state index contributed by atoms with van der Waals surface area (Å²) in [7, 11) is 0. The number of ether oxygens (including phenoxy) is 1. The van der Waals surface area contributed by atoms with Gasteiger partial charge >= 0.3 is 6.09 Å². The predicted octanol–water partition coefficient (Wildman–Crippen LogP) is 4.48. The molecule has 2 amide bonds. The maximum absolute atomic E-state index is 12.7. The molecule has 0 unspecified atom stereocenters. The van der Waals surface area contributed by atoms with E-state index in [1.54, 1.807) is 20.8 Å². The standard InChI is InChI=1S/C24H32N2O3/c1-17(2)21(22(27)26-23(28)29-24(3,4)5)25-16-20(18-12-8-6-9-13-18)19-14-10-7-11-15-19/h6-15,17,20-21,25H,16H2,1-5H3,(H,26,27,28)/t21-/m0/s1. The summed E-state index contributed by atoms with van der Waals surface area (Å²) in [6.07, 6.45) is -0.724. The summed E-state index contributed by atoms with van der Waals surface area (Å²) in [6, 6.07) is 19.9. The second kappa shape index (κ2) is 10.2. The second-order valence-corrected chi connectivity index (χ2v) is 8.50. The molecule has 5 nitrogen and oxygen atoms in total. The molecule has 0 saturated heterocycles. The molecule has 0 bridgehead atoms. The van der Waals surface area contributed by atoms with Gasteiger partial charge < -0.3 is 10.1 Å². The molecule has 1 atom stereocenters. The lowest BCUT2D eigenvalue weighted by molar-refractivity contribution is -0.123. The molecule has 2 aromatic carbocycles. The number of amides is 2. The fraction of sp³-hybridized carbons (Fsp3) is 0.417. The Morgan fingerprint density at radius 1 is 0.897 bits per heavy atom. The van der Waals surface area contributed by atoms with E-state index in [1.165, 1.54) is 11.1 Å². The van der Waals surface area contributed by atoms with Crippen molar-refractivity contribution in [2.24, 2.45) is 5.92 Å². The van der Waals surface area contributed by atoms with Crippen molar-refractivity contribution < 1.29 is 14.3 Å². The molecular weight excluding hydrogens is 364 g/mol. The van der Waals surface area contributed by atoms with Crippen LogP contribution in [0.4, 0.5) is 4.79 Å². The van der Waals surface area contributed by atoms with Gasteiger partial charge in [0.2, 0.25) is 5.91 Å². The summed E-state index contributed by atoms with van der Waals surface area (Å²) in [5.74, 6) is -0.285. The minimum atomic E-state index is -0.724. The van der Waals surface area contributed by atoms with Crippen LogP contribution >= 0.6 is 0 Å². The third-order valence-corrected chi connectivity index (χ3v) is 4.52. The fourth-order valence-electron chi connectivity index (χ4n) is 3.16. The zero-order valence-electron chi connectivity index (χ0n) is 17.9. The second-order valence-electron chi connectivity index (χ2n) is 8.50. The van der Waals surface area contributed by atoms with Gasteiger partial charge in [0.25, 0.3) is 0 Å². The zero-order chi connectivity index (χ0) is 21.4. The van der Waals surface area contributed by atoms with E-state index in [9.17, 15) is 9.59 Å². The molecule has 0 heterocycles. The van der Waals surface area contributed by atoms with Crippen LogP contribution in [0.25, 0.3) is 0 Å². The normalized spacial score (nSPS) is 12.7. The molecule has 2 aromatic rings. The Morgan fingerprint density at radius 2 is 1.38 bits per heavy atom. The van der Waals surface area contributed by atoms with Crippen molar-refractivity contribution in [1.82, 2.24) is 10.6 Å². The molecule has 0 aliphatic heterocycles. The Balaban J connectivity index is 2.12. The van der Waals surface area contributed by atoms with Crippen LogP contribution in [0.15, 0.2) is 60.7 Å². The van der Waals surface area contributed by atoms with Gasteiger partial charge in [0.05, 0.1) is 6.04 Å². The van der Waals surface area contributed by atoms with Gasteiger partial charge in [0, 0.05) is 12.5 Å². The van der Waals surface area contributed by atoms with Gasteiger partial charge in [-0.1, -0.05) is 74.5 Å². The molecule has 5 heteroatoms. The van der Waals surface area contributed by atoms with Crippen molar-refractivity contribution in [3.05, 3.63) is 71.8 Å². The molecule has 0 fully saturated rings. The lowest BCUT2D eigenvalue weighted by Crippen LogP contribution is -2.51. The molecule has 2 rings (SSSR count). The van der Waals surface area contributed by atoms with Crippen LogP contribution in [0, 0.1) is 5.92 Å². The predicted molar refractivity (Wildman–Crippen MR) is 116 cm³/mol. The van der Waals surface area contributed by atoms with Gasteiger partial charge in [-0.2, -0.15) is 0 Å². The highest BCUT2D eigenvalue weighted by atomic mass is 16.6. The number of hydrogen-bond donors (Lipinski definition) is 2. The van der Waals surface area contributed by atoms with Crippen molar-refractivity contribution >= 4 is 12.0 Å². The van der Waals surface area contributed by atoms with Gasteiger partial charge in [0.15, 0.2) is 0 Å². The number of imide groups is 1. The average Bonchev–Trinajstić information content (AvgIpc) is 2.64. The van der Waals surface area contributed by atoms with Gasteiger partial charge in [-0.3, -0.25) is 10.1 Å². The molecule has 0 aliphatic carbocycles. The maximum atomic E-state index is 12.7. The van der Waals surface area contributed by atoms with Crippen LogP contribution in [0.2, 0.25) is 0 Å². The summed E-state index contributed by atoms with van der Waals surface area (Å²) >= 11 is 0. The smallest absolute Gasteiger partial charge is 0.414 e. The van der Waals surface area contributed by atoms with E-state index in [1.807, 2.05) is 50.2 Å². The van der Waals surface area contributed by atoms with Crippen molar-refractivity contribution in [3.63, 3.8) is 0 Å². The molecule has 156 valence electrons. The Kier molecular flexibility index (Phi) is 7.97. The molecule has 0 aromatic heterocycles. The number of benzene rings is 2. The lowest BCUT2D eigenvalue weighted by Gasteiger charge is -2.26. The first-order valence-electron chi connectivity index (χ1n) is 10.0. The number of nitrogens with one attached hydrogen (secondary N) is 2. The van der Waals surface area contributed by atoms with Crippen LogP contribution in [0.3, 0.4) is 0 Å². The zero-order valence-corrected chi connectivity index (χ0v) is 17.9. The van der Waals surface area contributed by atoms with E-state index in [-0.39, 0.29) is 17.7 Å². The minimum absolute atomic E-state index is 0.00429. The Bertz CT molecular complexity index is 743. The average molecular weight is 397 g/mol. The largest absolute Gasteiger partial charge is 0.444 e. The summed E-state index contributed by atoms with van der Waals surface area (Å²) in [4.78, 5) is 24.7. The molecule has 29 heavy (non-hydrogen) atoms. The first-order chi connectivity index (χ1) is 13.7.